The molecule has 0 bridgehead atoms. The molecule has 0 unspecified atom stereocenters. The summed E-state index contributed by atoms with van der Waals surface area (Å²) in [5.74, 6) is -0.843. The maximum absolute atomic E-state index is 13.3. The number of alkyl halides is 3. The number of aromatic nitrogens is 2. The van der Waals surface area contributed by atoms with E-state index in [1.807, 2.05) is 113 Å². The van der Waals surface area contributed by atoms with Crippen LogP contribution in [0.5, 0.6) is 11.5 Å². The Morgan fingerprint density at radius 1 is 0.929 bits per heavy atom. The molecule has 1 aliphatic heterocycles. The fourth-order valence-electron chi connectivity index (χ4n) is 6.38. The zero-order valence-electron chi connectivity index (χ0n) is 32.5. The van der Waals surface area contributed by atoms with Gasteiger partial charge >= 0.3 is 12.1 Å². The van der Waals surface area contributed by atoms with Crippen molar-refractivity contribution in [2.45, 2.75) is 81.8 Å². The summed E-state index contributed by atoms with van der Waals surface area (Å²) in [5, 5.41) is 11.8. The van der Waals surface area contributed by atoms with Gasteiger partial charge in [-0.05, 0) is 71.3 Å². The molecule has 1 aliphatic rings. The van der Waals surface area contributed by atoms with Crippen molar-refractivity contribution in [2.75, 3.05) is 27.9 Å². The van der Waals surface area contributed by atoms with Gasteiger partial charge in [0.15, 0.2) is 19.3 Å². The van der Waals surface area contributed by atoms with E-state index in [1.54, 1.807) is 14.2 Å². The number of methoxy groups -OCH3 is 2. The van der Waals surface area contributed by atoms with E-state index in [2.05, 4.69) is 4.98 Å². The van der Waals surface area contributed by atoms with Gasteiger partial charge < -0.3 is 33.4 Å². The molecule has 4 atom stereocenters. The average Bonchev–Trinajstić information content (AvgIpc) is 3.45. The van der Waals surface area contributed by atoms with Crippen molar-refractivity contribution >= 4 is 26.4 Å². The number of nitrogens with zero attached hydrogens (tertiary/aromatic N) is 2. The normalized spacial score (nSPS) is 19.1. The Labute approximate surface area is 330 Å². The fourth-order valence-corrected chi connectivity index (χ4v) is 7.92. The predicted octanol–water partition coefficient (Wildman–Crippen LogP) is 7.10. The second-order valence-electron chi connectivity index (χ2n) is 15.2. The molecular weight excluding hydrogens is 768 g/mol. The van der Waals surface area contributed by atoms with Crippen LogP contribution in [-0.2, 0) is 30.8 Å². The standard InChI is InChI=1S/C40H48F3N3O8SSi/c1-38(2,3)56(7,8)54-33-32(47)31(53-35(33)46-23-25(34(48)44-37(46)55)22-45(4)36(49)40(41,42)43)24-52-39(26-12-10-9-11-13-26,27-14-18-29(50-5)19-15-27)28-16-20-30(51-6)21-17-28/h9-21,23,31-33,35,47H,22,24H2,1-8H3,(H,44,48,55)/t31-,32-,33-,35-/m1/s1. The lowest BCUT2D eigenvalue weighted by Crippen LogP contribution is -2.49. The molecule has 5 rings (SSSR count). The summed E-state index contributed by atoms with van der Waals surface area (Å²) in [7, 11) is 1.44. The lowest BCUT2D eigenvalue weighted by Gasteiger charge is -2.40. The van der Waals surface area contributed by atoms with Crippen LogP contribution in [0.1, 0.15) is 49.3 Å². The maximum Gasteiger partial charge on any atom is 0.471 e. The highest BCUT2D eigenvalue weighted by Crippen LogP contribution is 2.45. The number of ether oxygens (including phenoxy) is 4. The fraction of sp³-hybridized carbons (Fsp3) is 0.425. The van der Waals surface area contributed by atoms with Crippen LogP contribution in [0.25, 0.3) is 0 Å². The third kappa shape index (κ3) is 8.80. The van der Waals surface area contributed by atoms with Crippen molar-refractivity contribution in [3.8, 4) is 11.5 Å². The first kappa shape index (κ1) is 42.8. The topological polar surface area (TPSA) is 124 Å². The van der Waals surface area contributed by atoms with Crippen LogP contribution in [0.3, 0.4) is 0 Å². The van der Waals surface area contributed by atoms with Gasteiger partial charge in [0.1, 0.15) is 35.4 Å². The summed E-state index contributed by atoms with van der Waals surface area (Å²) >= 11 is 5.55. The number of carbonyl (C=O) groups is 1. The molecule has 2 N–H and O–H groups in total. The minimum Gasteiger partial charge on any atom is -0.497 e. The Hall–Kier alpha value is -4.32. The molecule has 0 spiro atoms. The first-order chi connectivity index (χ1) is 26.2. The Morgan fingerprint density at radius 3 is 1.93 bits per heavy atom. The van der Waals surface area contributed by atoms with Crippen LogP contribution in [0.2, 0.25) is 18.1 Å². The number of aliphatic hydroxyl groups is 1. The van der Waals surface area contributed by atoms with Gasteiger partial charge in [0.2, 0.25) is 0 Å². The van der Waals surface area contributed by atoms with E-state index in [9.17, 15) is 27.9 Å². The minimum atomic E-state index is -5.14. The first-order valence-corrected chi connectivity index (χ1v) is 21.2. The van der Waals surface area contributed by atoms with E-state index >= 15 is 0 Å². The van der Waals surface area contributed by atoms with Gasteiger partial charge in [-0.15, -0.1) is 0 Å². The monoisotopic (exact) mass is 815 g/mol. The Morgan fingerprint density at radius 2 is 1.45 bits per heavy atom. The van der Waals surface area contributed by atoms with Crippen LogP contribution < -0.4 is 15.0 Å². The molecule has 11 nitrogen and oxygen atoms in total. The molecule has 1 aromatic heterocycles. The van der Waals surface area contributed by atoms with Crippen LogP contribution in [0, 0.1) is 4.77 Å². The Balaban J connectivity index is 1.60. The van der Waals surface area contributed by atoms with Gasteiger partial charge in [-0.3, -0.25) is 19.1 Å². The van der Waals surface area contributed by atoms with E-state index in [0.717, 1.165) is 23.7 Å². The van der Waals surface area contributed by atoms with E-state index in [1.165, 1.54) is 10.8 Å². The van der Waals surface area contributed by atoms with Gasteiger partial charge in [-0.25, -0.2) is 0 Å². The number of hydrogen-bond donors (Lipinski definition) is 2. The molecule has 1 fully saturated rings. The highest BCUT2D eigenvalue weighted by Gasteiger charge is 2.52. The Bertz CT molecular complexity index is 2040. The van der Waals surface area contributed by atoms with Gasteiger partial charge in [-0.1, -0.05) is 75.4 Å². The van der Waals surface area contributed by atoms with E-state index < -0.39 is 62.6 Å². The SMILES string of the molecule is COc1ccc(C(OC[C@H]2O[C@@H](n3cc(CN(C)C(=O)C(F)(F)F)c(=O)[nH]c3=S)[C@H](O[Si](C)(C)C(C)(C)C)[C@@H]2O)(c2ccccc2)c2ccc(OC)cc2)cc1. The Kier molecular flexibility index (Phi) is 12.7. The number of amides is 1. The van der Waals surface area contributed by atoms with E-state index in [4.69, 9.17) is 35.6 Å². The van der Waals surface area contributed by atoms with Gasteiger partial charge in [-0.2, -0.15) is 13.2 Å². The summed E-state index contributed by atoms with van der Waals surface area (Å²) < 4.78 is 72.3. The van der Waals surface area contributed by atoms with Crippen molar-refractivity contribution < 1.29 is 46.4 Å². The summed E-state index contributed by atoms with van der Waals surface area (Å²) in [4.78, 5) is 27.8. The lowest BCUT2D eigenvalue weighted by atomic mass is 9.80. The van der Waals surface area contributed by atoms with Crippen LogP contribution in [0.15, 0.2) is 89.9 Å². The van der Waals surface area contributed by atoms with Gasteiger partial charge in [0.25, 0.3) is 5.56 Å². The number of halogens is 3. The van der Waals surface area contributed by atoms with Crippen molar-refractivity contribution in [2.24, 2.45) is 0 Å². The molecule has 1 amide bonds. The summed E-state index contributed by atoms with van der Waals surface area (Å²) in [6.07, 6.45) is -8.46. The van der Waals surface area contributed by atoms with Crippen molar-refractivity contribution in [3.63, 3.8) is 0 Å². The predicted molar refractivity (Wildman–Crippen MR) is 209 cm³/mol. The van der Waals surface area contributed by atoms with Crippen LogP contribution in [0.4, 0.5) is 13.2 Å². The highest BCUT2D eigenvalue weighted by molar-refractivity contribution is 7.71. The largest absolute Gasteiger partial charge is 0.497 e. The smallest absolute Gasteiger partial charge is 0.471 e. The summed E-state index contributed by atoms with van der Waals surface area (Å²) in [6.45, 7) is 9.24. The number of aliphatic hydroxyl groups excluding tert-OH is 1. The second-order valence-corrected chi connectivity index (χ2v) is 20.3. The lowest BCUT2D eigenvalue weighted by molar-refractivity contribution is -0.184. The number of aromatic amines is 1. The van der Waals surface area contributed by atoms with Crippen LogP contribution >= 0.6 is 12.2 Å². The van der Waals surface area contributed by atoms with E-state index in [-0.39, 0.29) is 22.0 Å². The molecule has 2 heterocycles. The van der Waals surface area contributed by atoms with E-state index in [0.29, 0.717) is 16.4 Å². The van der Waals surface area contributed by atoms with Crippen LogP contribution in [-0.4, -0.2) is 86.1 Å². The van der Waals surface area contributed by atoms with Gasteiger partial charge in [0, 0.05) is 13.2 Å². The molecule has 3 aromatic carbocycles. The molecular formula is C40H48F3N3O8SSi. The van der Waals surface area contributed by atoms with Gasteiger partial charge in [0.05, 0.1) is 32.9 Å². The number of hydrogen-bond acceptors (Lipinski definition) is 9. The third-order valence-corrected chi connectivity index (χ3v) is 15.3. The molecule has 0 radical (unpaired) electrons. The maximum atomic E-state index is 13.3. The number of nitrogens with one attached hydrogen (secondary N) is 1. The first-order valence-electron chi connectivity index (χ1n) is 17.9. The quantitative estimate of drug-likeness (QED) is 0.0827. The van der Waals surface area contributed by atoms with Crippen molar-refractivity contribution in [3.05, 3.63) is 122 Å². The molecule has 4 aromatic rings. The number of carbonyl (C=O) groups excluding carboxylic acids is 1. The third-order valence-electron chi connectivity index (χ3n) is 10.5. The highest BCUT2D eigenvalue weighted by atomic mass is 32.1. The number of benzene rings is 3. The molecule has 1 saturated heterocycles. The summed E-state index contributed by atoms with van der Waals surface area (Å²) in [5.41, 5.74) is 0.0483. The molecule has 0 aliphatic carbocycles. The molecule has 16 heteroatoms. The second kappa shape index (κ2) is 16.6. The summed E-state index contributed by atoms with van der Waals surface area (Å²) in [6, 6.07) is 24.5. The zero-order chi connectivity index (χ0) is 41.2. The van der Waals surface area contributed by atoms with Crippen molar-refractivity contribution in [1.82, 2.24) is 14.5 Å². The minimum absolute atomic E-state index is 0.124. The zero-order valence-corrected chi connectivity index (χ0v) is 34.4. The molecule has 56 heavy (non-hydrogen) atoms. The average molecular weight is 816 g/mol. The molecule has 302 valence electrons. The van der Waals surface area contributed by atoms with Crippen molar-refractivity contribution in [1.29, 1.82) is 0 Å². The number of H-pyrrole nitrogens is 1. The number of rotatable bonds is 13. The molecule has 0 saturated carbocycles.